The van der Waals surface area contributed by atoms with Gasteiger partial charge in [0.25, 0.3) is 0 Å². The third kappa shape index (κ3) is 2.71. The number of carbonyl (C=O) groups is 1. The quantitative estimate of drug-likeness (QED) is 0.353. The van der Waals surface area contributed by atoms with E-state index in [0.29, 0.717) is 22.3 Å². The van der Waals surface area contributed by atoms with E-state index in [1.165, 1.54) is 24.3 Å². The second kappa shape index (κ2) is 6.96. The van der Waals surface area contributed by atoms with Crippen LogP contribution < -0.4 is 15.8 Å². The van der Waals surface area contributed by atoms with Gasteiger partial charge in [-0.25, -0.2) is 4.79 Å². The third-order valence-electron chi connectivity index (χ3n) is 5.55. The molecule has 2 heterocycles. The maximum Gasteiger partial charge on any atom is 0.340 e. The van der Waals surface area contributed by atoms with Gasteiger partial charge in [-0.15, -0.1) is 0 Å². The van der Waals surface area contributed by atoms with Crippen molar-refractivity contribution >= 4 is 29.6 Å². The second-order valence-electron chi connectivity index (χ2n) is 7.36. The number of ether oxygens (including phenoxy) is 2. The first kappa shape index (κ1) is 19.8. The lowest BCUT2D eigenvalue weighted by atomic mass is 9.76. The molecule has 5 N–H and O–H groups in total. The molecule has 1 unspecified atom stereocenters. The van der Waals surface area contributed by atoms with E-state index in [4.69, 9.17) is 27.4 Å². The summed E-state index contributed by atoms with van der Waals surface area (Å²) in [5.41, 5.74) is 6.01. The van der Waals surface area contributed by atoms with Gasteiger partial charge in [0.15, 0.2) is 10.7 Å². The van der Waals surface area contributed by atoms with E-state index < -0.39 is 17.6 Å². The van der Waals surface area contributed by atoms with Crippen LogP contribution in [-0.2, 0) is 15.1 Å². The van der Waals surface area contributed by atoms with Gasteiger partial charge in [-0.05, 0) is 42.0 Å². The van der Waals surface area contributed by atoms with Crippen LogP contribution in [0, 0.1) is 0 Å². The largest absolute Gasteiger partial charge is 0.508 e. The highest BCUT2D eigenvalue weighted by molar-refractivity contribution is 7.80. The number of thiocarbonyl (C=S) groups is 1. The van der Waals surface area contributed by atoms with Crippen molar-refractivity contribution in [2.24, 2.45) is 5.73 Å². The van der Waals surface area contributed by atoms with Crippen molar-refractivity contribution in [2.45, 2.75) is 11.6 Å². The number of carbonyl (C=O) groups excluding carboxylic acids is 2. The molecule has 0 saturated carbocycles. The van der Waals surface area contributed by atoms with Gasteiger partial charge < -0.3 is 30.7 Å². The summed E-state index contributed by atoms with van der Waals surface area (Å²) in [6.45, 7) is 0. The molecule has 3 aromatic carbocycles. The highest BCUT2D eigenvalue weighted by Gasteiger charge is 2.54. The van der Waals surface area contributed by atoms with Gasteiger partial charge >= 0.3 is 5.97 Å². The first-order valence-corrected chi connectivity index (χ1v) is 9.91. The van der Waals surface area contributed by atoms with Crippen molar-refractivity contribution in [3.05, 3.63) is 82.4 Å². The van der Waals surface area contributed by atoms with Crippen molar-refractivity contribution in [3.63, 3.8) is 0 Å². The number of esters is 1. The van der Waals surface area contributed by atoms with E-state index in [2.05, 4.69) is 5.32 Å². The lowest BCUT2D eigenvalue weighted by molar-refractivity contribution is 0.0223. The Kier molecular flexibility index (Phi) is 4.31. The van der Waals surface area contributed by atoms with Crippen LogP contribution in [0.15, 0.2) is 54.6 Å². The van der Waals surface area contributed by atoms with E-state index >= 15 is 0 Å². The SMILES string of the molecule is NC(=S)NC([C]=O)c1cccc2c1C(=O)OC21c2ccc(O)cc2Oc2cc(O)ccc21. The lowest BCUT2D eigenvalue weighted by Gasteiger charge is -2.36. The Morgan fingerprint density at radius 1 is 1.03 bits per heavy atom. The molecule has 32 heavy (non-hydrogen) atoms. The molecule has 0 saturated heterocycles. The fourth-order valence-corrected chi connectivity index (χ4v) is 4.44. The molecule has 3 aromatic rings. The minimum absolute atomic E-state index is 0.0444. The maximum absolute atomic E-state index is 13.2. The van der Waals surface area contributed by atoms with Crippen molar-refractivity contribution in [1.82, 2.24) is 5.32 Å². The molecule has 1 spiro atoms. The van der Waals surface area contributed by atoms with Crippen molar-refractivity contribution < 1.29 is 29.3 Å². The normalized spacial score (nSPS) is 15.6. The lowest BCUT2D eigenvalue weighted by Crippen LogP contribution is -2.34. The van der Waals surface area contributed by atoms with E-state index in [0.717, 1.165) is 0 Å². The summed E-state index contributed by atoms with van der Waals surface area (Å²) in [4.78, 5) is 24.9. The first-order chi connectivity index (χ1) is 15.3. The molecular formula is C23H15N2O6S. The number of nitrogens with one attached hydrogen (secondary N) is 1. The van der Waals surface area contributed by atoms with E-state index in [1.54, 1.807) is 30.3 Å². The molecule has 0 fully saturated rings. The van der Waals surface area contributed by atoms with Crippen LogP contribution in [0.5, 0.6) is 23.0 Å². The number of phenols is 2. The average Bonchev–Trinajstić information content (AvgIpc) is 3.05. The molecule has 0 bridgehead atoms. The van der Waals surface area contributed by atoms with Crippen LogP contribution in [0.25, 0.3) is 0 Å². The molecule has 0 aromatic heterocycles. The van der Waals surface area contributed by atoms with Crippen molar-refractivity contribution in [1.29, 1.82) is 0 Å². The minimum atomic E-state index is -1.43. The van der Waals surface area contributed by atoms with E-state index in [9.17, 15) is 19.8 Å². The summed E-state index contributed by atoms with van der Waals surface area (Å²) in [6.07, 6.45) is 1.82. The molecule has 5 rings (SSSR count). The number of fused-ring (bicyclic) bond motifs is 6. The van der Waals surface area contributed by atoms with Gasteiger partial charge in [-0.2, -0.15) is 0 Å². The molecule has 2 aliphatic heterocycles. The van der Waals surface area contributed by atoms with Crippen molar-refractivity contribution in [3.8, 4) is 23.0 Å². The molecule has 1 radical (unpaired) electrons. The van der Waals surface area contributed by atoms with Gasteiger partial charge in [-0.1, -0.05) is 18.2 Å². The molecule has 159 valence electrons. The third-order valence-corrected chi connectivity index (χ3v) is 5.67. The molecule has 1 atom stereocenters. The topological polar surface area (TPSA) is 131 Å². The number of rotatable bonds is 3. The van der Waals surface area contributed by atoms with Crippen LogP contribution in [0.1, 0.15) is 38.7 Å². The Morgan fingerprint density at radius 3 is 2.22 bits per heavy atom. The number of hydrogen-bond acceptors (Lipinski definition) is 7. The zero-order chi connectivity index (χ0) is 22.6. The fraction of sp³-hybridized carbons (Fsp3) is 0.0870. The highest BCUT2D eigenvalue weighted by Crippen LogP contribution is 2.57. The molecule has 9 heteroatoms. The Bertz CT molecular complexity index is 1270. The summed E-state index contributed by atoms with van der Waals surface area (Å²) in [5.74, 6) is -0.238. The molecule has 0 amide bonds. The predicted molar refractivity (Wildman–Crippen MR) is 116 cm³/mol. The van der Waals surface area contributed by atoms with Gasteiger partial charge in [-0.3, -0.25) is 4.79 Å². The molecule has 8 nitrogen and oxygen atoms in total. The zero-order valence-corrected chi connectivity index (χ0v) is 17.1. The van der Waals surface area contributed by atoms with Gasteiger partial charge in [0.05, 0.1) is 5.56 Å². The molecular weight excluding hydrogens is 432 g/mol. The van der Waals surface area contributed by atoms with Crippen LogP contribution in [-0.4, -0.2) is 27.6 Å². The summed E-state index contributed by atoms with van der Waals surface area (Å²) >= 11 is 4.85. The Hall–Kier alpha value is -4.11. The smallest absolute Gasteiger partial charge is 0.340 e. The van der Waals surface area contributed by atoms with Gasteiger partial charge in [0, 0.05) is 28.8 Å². The average molecular weight is 447 g/mol. The van der Waals surface area contributed by atoms with Crippen LogP contribution >= 0.6 is 12.2 Å². The number of benzene rings is 3. The standard InChI is InChI=1S/C23H15N2O6S/c24-22(32)25-17(10-26)13-2-1-3-16-20(13)21(29)31-23(16)14-6-4-11(27)8-18(14)30-19-9-12(28)5-7-15(19)23/h1-9,17,27-28H,(H3,24,25,32). The fourth-order valence-electron chi connectivity index (χ4n) is 4.33. The molecule has 2 aliphatic rings. The predicted octanol–water partition coefficient (Wildman–Crippen LogP) is 2.65. The monoisotopic (exact) mass is 447 g/mol. The van der Waals surface area contributed by atoms with Gasteiger partial charge in [0.2, 0.25) is 6.29 Å². The molecule has 0 aliphatic carbocycles. The minimum Gasteiger partial charge on any atom is -0.508 e. The Labute approximate surface area is 187 Å². The van der Waals surface area contributed by atoms with Crippen molar-refractivity contribution in [2.75, 3.05) is 0 Å². The Morgan fingerprint density at radius 2 is 1.66 bits per heavy atom. The number of nitrogens with two attached hydrogens (primary N) is 1. The van der Waals surface area contributed by atoms with Crippen LogP contribution in [0.2, 0.25) is 0 Å². The summed E-state index contributed by atoms with van der Waals surface area (Å²) < 4.78 is 11.9. The summed E-state index contributed by atoms with van der Waals surface area (Å²) in [6, 6.07) is 12.8. The Balaban J connectivity index is 1.83. The summed E-state index contributed by atoms with van der Waals surface area (Å²) in [7, 11) is 0. The van der Waals surface area contributed by atoms with E-state index in [1.807, 2.05) is 6.29 Å². The first-order valence-electron chi connectivity index (χ1n) is 9.50. The van der Waals surface area contributed by atoms with Gasteiger partial charge in [0.1, 0.15) is 29.0 Å². The number of phenolic OH excluding ortho intramolecular Hbond substituents is 2. The highest BCUT2D eigenvalue weighted by atomic mass is 32.1. The maximum atomic E-state index is 13.2. The zero-order valence-electron chi connectivity index (χ0n) is 16.3. The van der Waals surface area contributed by atoms with E-state index in [-0.39, 0.29) is 33.7 Å². The summed E-state index contributed by atoms with van der Waals surface area (Å²) in [5, 5.41) is 22.5. The van der Waals surface area contributed by atoms with Crippen LogP contribution in [0.4, 0.5) is 0 Å². The number of aromatic hydroxyl groups is 2. The second-order valence-corrected chi connectivity index (χ2v) is 7.80. The van der Waals surface area contributed by atoms with Crippen LogP contribution in [0.3, 0.4) is 0 Å². The number of hydrogen-bond donors (Lipinski definition) is 4.